The van der Waals surface area contributed by atoms with Crippen LogP contribution in [-0.4, -0.2) is 57.1 Å². The maximum atomic E-state index is 14.2. The molecule has 2 N–H and O–H groups in total. The maximum absolute atomic E-state index is 14.2. The number of rotatable bonds is 18. The Kier molecular flexibility index (Phi) is 13.6. The molecule has 0 amide bonds. The predicted octanol–water partition coefficient (Wildman–Crippen LogP) is 7.10. The average Bonchev–Trinajstić information content (AvgIpc) is 3.10. The molecule has 0 aliphatic rings. The average molecular weight is 715 g/mol. The third-order valence-electron chi connectivity index (χ3n) is 9.77. The van der Waals surface area contributed by atoms with E-state index in [9.17, 15) is 18.6 Å². The van der Waals surface area contributed by atoms with Gasteiger partial charge in [-0.3, -0.25) is 0 Å². The fourth-order valence-electron chi connectivity index (χ4n) is 6.96. The summed E-state index contributed by atoms with van der Waals surface area (Å²) in [6.07, 6.45) is 0.227. The fourth-order valence-corrected chi connectivity index (χ4v) is 13.8. The molecule has 1 unspecified atom stereocenters. The van der Waals surface area contributed by atoms with Crippen molar-refractivity contribution in [2.45, 2.75) is 87.4 Å². The lowest BCUT2D eigenvalue weighted by molar-refractivity contribution is -0.0418. The highest BCUT2D eigenvalue weighted by atomic mass is 32.2. The van der Waals surface area contributed by atoms with Crippen molar-refractivity contribution in [2.24, 2.45) is 5.92 Å². The number of benzene rings is 4. The molecule has 4 aromatic rings. The molecule has 0 aromatic heterocycles. The van der Waals surface area contributed by atoms with Crippen molar-refractivity contribution < 1.29 is 27.8 Å². The summed E-state index contributed by atoms with van der Waals surface area (Å²) in [5.41, 5.74) is 0.230. The van der Waals surface area contributed by atoms with Crippen LogP contribution in [0.25, 0.3) is 0 Å². The minimum Gasteiger partial charge on any atom is -0.401 e. The zero-order valence-corrected chi connectivity index (χ0v) is 32.0. The zero-order valence-electron chi connectivity index (χ0n) is 30.2. The minimum absolute atomic E-state index is 0.105. The topological polar surface area (TPSA) is 93.1 Å². The predicted molar refractivity (Wildman–Crippen MR) is 206 cm³/mol. The molecule has 6 nitrogen and oxygen atoms in total. The summed E-state index contributed by atoms with van der Waals surface area (Å²) in [6, 6.07) is 38.6. The Hall–Kier alpha value is -3.37. The lowest BCUT2D eigenvalue weighted by Gasteiger charge is -2.46. The number of sulfone groups is 1. The molecule has 0 spiro atoms. The Morgan fingerprint density at radius 3 is 1.72 bits per heavy atom. The van der Waals surface area contributed by atoms with Gasteiger partial charge in [-0.2, -0.15) is 0 Å². The van der Waals surface area contributed by atoms with Crippen molar-refractivity contribution in [3.63, 3.8) is 0 Å². The van der Waals surface area contributed by atoms with Gasteiger partial charge in [0.05, 0.1) is 28.5 Å². The molecule has 0 heterocycles. The van der Waals surface area contributed by atoms with Crippen LogP contribution in [0.15, 0.2) is 138 Å². The van der Waals surface area contributed by atoms with Crippen LogP contribution in [0.1, 0.15) is 59.4 Å². The second kappa shape index (κ2) is 17.2. The van der Waals surface area contributed by atoms with Crippen molar-refractivity contribution in [3.8, 4) is 0 Å². The van der Waals surface area contributed by atoms with Crippen LogP contribution in [0.5, 0.6) is 0 Å². The number of hydrogen-bond acceptors (Lipinski definition) is 6. The van der Waals surface area contributed by atoms with Crippen molar-refractivity contribution in [2.75, 3.05) is 13.2 Å². The summed E-state index contributed by atoms with van der Waals surface area (Å²) in [5.74, 6) is -0.994. The molecule has 0 saturated carbocycles. The first kappa shape index (κ1) is 39.4. The molecule has 4 rings (SSSR count). The summed E-state index contributed by atoms with van der Waals surface area (Å²) < 4.78 is 41.7. The highest BCUT2D eigenvalue weighted by Gasteiger charge is 2.52. The number of hydrogen-bond donors (Lipinski definition) is 2. The zero-order chi connectivity index (χ0) is 36.4. The van der Waals surface area contributed by atoms with Gasteiger partial charge in [-0.25, -0.2) is 8.42 Å². The Morgan fingerprint density at radius 2 is 1.26 bits per heavy atom. The van der Waals surface area contributed by atoms with Crippen molar-refractivity contribution in [1.82, 2.24) is 0 Å². The van der Waals surface area contributed by atoms with E-state index in [1.54, 1.807) is 37.3 Å². The lowest BCUT2D eigenvalue weighted by atomic mass is 9.81. The molecule has 4 aromatic carbocycles. The highest BCUT2D eigenvalue weighted by Crippen LogP contribution is 2.40. The van der Waals surface area contributed by atoms with Gasteiger partial charge < -0.3 is 19.4 Å². The summed E-state index contributed by atoms with van der Waals surface area (Å²) in [6.45, 7) is 14.5. The second-order valence-electron chi connectivity index (χ2n) is 14.5. The monoisotopic (exact) mass is 714 g/mol. The fraction of sp³-hybridized carbons (Fsp3) is 0.381. The van der Waals surface area contributed by atoms with Crippen LogP contribution in [-0.2, 0) is 25.6 Å². The molecule has 50 heavy (non-hydrogen) atoms. The number of aliphatic hydroxyl groups excluding tert-OH is 1. The standard InChI is InChI=1S/C42H54O6SSi/c1-33(2)39(48-50(41(3,4)5,36-23-15-9-16-24-36)37-25-17-10-18-26-37)27-29-42(6,44)38(31-43)40(49(45,46)35-21-13-8-14-22-35)28-30-47-32-34-19-11-7-12-20-34/h7-26,38-40,43-44H,1,27-32H2,2-6H3/t38-,39+,40?,42+/m0/s1. The van der Waals surface area contributed by atoms with E-state index in [1.807, 2.05) is 73.7 Å². The number of aliphatic hydroxyl groups is 2. The van der Waals surface area contributed by atoms with Gasteiger partial charge in [-0.1, -0.05) is 142 Å². The van der Waals surface area contributed by atoms with Crippen LogP contribution in [0.3, 0.4) is 0 Å². The summed E-state index contributed by atoms with van der Waals surface area (Å²) in [5, 5.41) is 23.9. The lowest BCUT2D eigenvalue weighted by Crippen LogP contribution is -2.67. The van der Waals surface area contributed by atoms with E-state index >= 15 is 0 Å². The third kappa shape index (κ3) is 9.29. The van der Waals surface area contributed by atoms with E-state index in [0.29, 0.717) is 13.0 Å². The van der Waals surface area contributed by atoms with Crippen LogP contribution >= 0.6 is 0 Å². The van der Waals surface area contributed by atoms with Gasteiger partial charge >= 0.3 is 0 Å². The van der Waals surface area contributed by atoms with Crippen molar-refractivity contribution in [1.29, 1.82) is 0 Å². The van der Waals surface area contributed by atoms with E-state index in [0.717, 1.165) is 21.5 Å². The first-order chi connectivity index (χ1) is 23.7. The van der Waals surface area contributed by atoms with E-state index in [2.05, 4.69) is 51.6 Å². The van der Waals surface area contributed by atoms with E-state index in [-0.39, 0.29) is 29.4 Å². The van der Waals surface area contributed by atoms with Gasteiger partial charge in [0, 0.05) is 19.1 Å². The largest absolute Gasteiger partial charge is 0.401 e. The normalized spacial score (nSPS) is 15.5. The minimum atomic E-state index is -3.96. The summed E-state index contributed by atoms with van der Waals surface area (Å²) >= 11 is 0. The van der Waals surface area contributed by atoms with Gasteiger partial charge in [-0.05, 0) is 66.2 Å². The molecule has 0 saturated heterocycles. The molecular formula is C42H54O6SSi. The molecule has 0 bridgehead atoms. The van der Waals surface area contributed by atoms with Crippen LogP contribution in [0.4, 0.5) is 0 Å². The van der Waals surface area contributed by atoms with Crippen LogP contribution in [0.2, 0.25) is 5.04 Å². The Labute approximate surface area is 300 Å². The molecule has 0 radical (unpaired) electrons. The SMILES string of the molecule is C=C(C)[C@@H](CC[C@@](C)(O)[C@@H](CO)C(CCOCc1ccccc1)S(=O)(=O)c1ccccc1)O[Si](c1ccccc1)(c1ccccc1)C(C)(C)C. The Balaban J connectivity index is 1.64. The molecule has 8 heteroatoms. The highest BCUT2D eigenvalue weighted by molar-refractivity contribution is 7.92. The van der Waals surface area contributed by atoms with Crippen LogP contribution < -0.4 is 10.4 Å². The summed E-state index contributed by atoms with van der Waals surface area (Å²) in [4.78, 5) is 0.150. The van der Waals surface area contributed by atoms with Gasteiger partial charge in [0.25, 0.3) is 8.32 Å². The van der Waals surface area contributed by atoms with E-state index in [4.69, 9.17) is 9.16 Å². The Morgan fingerprint density at radius 1 is 0.780 bits per heavy atom. The molecule has 0 aliphatic carbocycles. The smallest absolute Gasteiger partial charge is 0.261 e. The second-order valence-corrected chi connectivity index (χ2v) is 20.9. The maximum Gasteiger partial charge on any atom is 0.261 e. The quantitative estimate of drug-likeness (QED) is 0.0650. The third-order valence-corrected chi connectivity index (χ3v) is 17.1. The van der Waals surface area contributed by atoms with Gasteiger partial charge in [0.15, 0.2) is 9.84 Å². The van der Waals surface area contributed by atoms with Gasteiger partial charge in [0.2, 0.25) is 0 Å². The first-order valence-corrected chi connectivity index (χ1v) is 20.9. The Bertz CT molecular complexity index is 1680. The summed E-state index contributed by atoms with van der Waals surface area (Å²) in [7, 11) is -6.91. The van der Waals surface area contributed by atoms with Gasteiger partial charge in [-0.15, -0.1) is 0 Å². The van der Waals surface area contributed by atoms with Crippen LogP contribution in [0, 0.1) is 5.92 Å². The molecule has 4 atom stereocenters. The molecule has 268 valence electrons. The van der Waals surface area contributed by atoms with Crippen molar-refractivity contribution in [3.05, 3.63) is 139 Å². The van der Waals surface area contributed by atoms with E-state index < -0.39 is 47.6 Å². The molecule has 0 fully saturated rings. The first-order valence-electron chi connectivity index (χ1n) is 17.4. The van der Waals surface area contributed by atoms with Crippen molar-refractivity contribution >= 4 is 28.5 Å². The van der Waals surface area contributed by atoms with E-state index in [1.165, 1.54) is 0 Å². The van der Waals surface area contributed by atoms with Gasteiger partial charge in [0.1, 0.15) is 0 Å². The molecule has 0 aliphatic heterocycles. The molecular weight excluding hydrogens is 661 g/mol. The number of ether oxygens (including phenoxy) is 1.